The summed E-state index contributed by atoms with van der Waals surface area (Å²) < 4.78 is 15.5. The van der Waals surface area contributed by atoms with Gasteiger partial charge in [-0.2, -0.15) is 5.10 Å². The van der Waals surface area contributed by atoms with Crippen molar-refractivity contribution in [3.05, 3.63) is 113 Å². The molecule has 0 bridgehead atoms. The van der Waals surface area contributed by atoms with Crippen LogP contribution < -0.4 is 4.90 Å². The van der Waals surface area contributed by atoms with Gasteiger partial charge in [-0.15, -0.1) is 11.6 Å². The Morgan fingerprint density at radius 3 is 2.38 bits per heavy atom. The molecule has 3 aromatic carbocycles. The van der Waals surface area contributed by atoms with Gasteiger partial charge in [0, 0.05) is 32.6 Å². The van der Waals surface area contributed by atoms with Gasteiger partial charge in [0.1, 0.15) is 22.8 Å². The molecule has 214 valence electrons. The highest BCUT2D eigenvalue weighted by atomic mass is 35.5. The van der Waals surface area contributed by atoms with E-state index in [2.05, 4.69) is 36.1 Å². The zero-order valence-corrected chi connectivity index (χ0v) is 24.4. The number of fused-ring (bicyclic) bond motifs is 1. The second kappa shape index (κ2) is 11.9. The molecule has 1 saturated heterocycles. The van der Waals surface area contributed by atoms with E-state index in [4.69, 9.17) is 26.7 Å². The summed E-state index contributed by atoms with van der Waals surface area (Å²) in [5, 5.41) is 4.94. The monoisotopic (exact) mass is 582 g/mol. The molecule has 1 fully saturated rings. The normalized spacial score (nSPS) is 14.7. The van der Waals surface area contributed by atoms with E-state index < -0.39 is 5.38 Å². The number of alkyl halides is 1. The number of carbonyl (C=O) groups excluding carboxylic acids is 1. The molecule has 3 heterocycles. The van der Waals surface area contributed by atoms with Crippen LogP contribution >= 0.6 is 11.6 Å². The summed E-state index contributed by atoms with van der Waals surface area (Å²) in [7, 11) is 0. The van der Waals surface area contributed by atoms with Crippen molar-refractivity contribution in [2.45, 2.75) is 32.1 Å². The number of aryl methyl sites for hydroxylation is 2. The Morgan fingerprint density at radius 2 is 1.64 bits per heavy atom. The van der Waals surface area contributed by atoms with E-state index in [0.717, 1.165) is 46.7 Å². The number of hydrogen-bond acceptors (Lipinski definition) is 5. The Hall–Kier alpha value is -4.30. The van der Waals surface area contributed by atoms with Gasteiger partial charge < -0.3 is 9.80 Å². The summed E-state index contributed by atoms with van der Waals surface area (Å²) in [5.41, 5.74) is 5.28. The van der Waals surface area contributed by atoms with Gasteiger partial charge in [-0.1, -0.05) is 60.2 Å². The molecule has 5 aromatic rings. The zero-order valence-electron chi connectivity index (χ0n) is 23.7. The summed E-state index contributed by atoms with van der Waals surface area (Å²) in [4.78, 5) is 27.5. The van der Waals surface area contributed by atoms with Crippen molar-refractivity contribution >= 4 is 34.4 Å². The lowest BCUT2D eigenvalue weighted by atomic mass is 10.1. The number of anilines is 1. The largest absolute Gasteiger partial charge is 0.354 e. The molecule has 9 heteroatoms. The molecule has 0 unspecified atom stereocenters. The van der Waals surface area contributed by atoms with Crippen LogP contribution in [0.25, 0.3) is 16.7 Å². The predicted molar refractivity (Wildman–Crippen MR) is 164 cm³/mol. The second-order valence-corrected chi connectivity index (χ2v) is 11.2. The molecule has 6 rings (SSSR count). The molecule has 1 aliphatic rings. The van der Waals surface area contributed by atoms with Gasteiger partial charge in [0.05, 0.1) is 16.8 Å². The minimum Gasteiger partial charge on any atom is -0.354 e. The highest BCUT2D eigenvalue weighted by Gasteiger charge is 2.28. The van der Waals surface area contributed by atoms with E-state index in [1.807, 2.05) is 42.2 Å². The minimum atomic E-state index is -0.721. The standard InChI is InChI=1S/C33H32ClFN6O/c1-22-9-11-24(12-10-22)21-28-36-31(29-23(2)38-41(32(29)37-28)27-15-13-26(35)14-16-27)39-17-6-18-40(20-19-39)33(42)30(34)25-7-4-3-5-8-25/h3-5,7-16,30H,6,17-21H2,1-2H3/t30-/m1/s1. The van der Waals surface area contributed by atoms with Crippen LogP contribution in [-0.4, -0.2) is 56.7 Å². The molecule has 0 aliphatic carbocycles. The molecule has 0 saturated carbocycles. The third-order valence-electron chi connectivity index (χ3n) is 7.70. The SMILES string of the molecule is Cc1ccc(Cc2nc(N3CCCN(C(=O)[C@H](Cl)c4ccccc4)CC3)c3c(C)nn(-c4ccc(F)cc4)c3n2)cc1. The summed E-state index contributed by atoms with van der Waals surface area (Å²) >= 11 is 6.61. The molecule has 0 spiro atoms. The number of amides is 1. The number of nitrogens with zero attached hydrogens (tertiary/aromatic N) is 6. The van der Waals surface area contributed by atoms with Crippen LogP contribution in [-0.2, 0) is 11.2 Å². The van der Waals surface area contributed by atoms with Crippen LogP contribution in [0.2, 0.25) is 0 Å². The van der Waals surface area contributed by atoms with Gasteiger partial charge in [-0.3, -0.25) is 4.79 Å². The first-order chi connectivity index (χ1) is 20.4. The summed E-state index contributed by atoms with van der Waals surface area (Å²) in [6, 6.07) is 24.1. The van der Waals surface area contributed by atoms with Crippen molar-refractivity contribution in [3.8, 4) is 5.69 Å². The third-order valence-corrected chi connectivity index (χ3v) is 8.14. The molecule has 1 aliphatic heterocycles. The van der Waals surface area contributed by atoms with E-state index >= 15 is 0 Å². The topological polar surface area (TPSA) is 67.2 Å². The summed E-state index contributed by atoms with van der Waals surface area (Å²) in [6.45, 7) is 6.47. The van der Waals surface area contributed by atoms with Crippen LogP contribution in [0.3, 0.4) is 0 Å². The maximum Gasteiger partial charge on any atom is 0.245 e. The van der Waals surface area contributed by atoms with Crippen molar-refractivity contribution in [1.29, 1.82) is 0 Å². The van der Waals surface area contributed by atoms with Crippen LogP contribution in [0, 0.1) is 19.7 Å². The fourth-order valence-electron chi connectivity index (χ4n) is 5.44. The highest BCUT2D eigenvalue weighted by Crippen LogP contribution is 2.31. The minimum absolute atomic E-state index is 0.0853. The molecular weight excluding hydrogens is 551 g/mol. The average molecular weight is 583 g/mol. The maximum absolute atomic E-state index is 13.7. The van der Waals surface area contributed by atoms with E-state index in [-0.39, 0.29) is 11.7 Å². The van der Waals surface area contributed by atoms with Crippen LogP contribution in [0.15, 0.2) is 78.9 Å². The summed E-state index contributed by atoms with van der Waals surface area (Å²) in [5.74, 6) is 1.08. The lowest BCUT2D eigenvalue weighted by Gasteiger charge is -2.25. The summed E-state index contributed by atoms with van der Waals surface area (Å²) in [6.07, 6.45) is 1.33. The van der Waals surface area contributed by atoms with Crippen molar-refractivity contribution in [1.82, 2.24) is 24.6 Å². The first-order valence-corrected chi connectivity index (χ1v) is 14.6. The van der Waals surface area contributed by atoms with Gasteiger partial charge in [0.25, 0.3) is 0 Å². The molecule has 7 nitrogen and oxygen atoms in total. The number of aromatic nitrogens is 4. The number of benzene rings is 3. The van der Waals surface area contributed by atoms with E-state index in [9.17, 15) is 9.18 Å². The fraction of sp³-hybridized carbons (Fsp3) is 0.273. The fourth-order valence-corrected chi connectivity index (χ4v) is 5.72. The van der Waals surface area contributed by atoms with Crippen LogP contribution in [0.4, 0.5) is 10.2 Å². The number of carbonyl (C=O) groups is 1. The highest BCUT2D eigenvalue weighted by molar-refractivity contribution is 6.30. The van der Waals surface area contributed by atoms with Gasteiger partial charge in [0.15, 0.2) is 5.65 Å². The Balaban J connectivity index is 1.35. The lowest BCUT2D eigenvalue weighted by molar-refractivity contribution is -0.130. The average Bonchev–Trinajstić information content (AvgIpc) is 3.17. The van der Waals surface area contributed by atoms with Crippen LogP contribution in [0.1, 0.15) is 40.0 Å². The lowest BCUT2D eigenvalue weighted by Crippen LogP contribution is -2.37. The molecule has 0 radical (unpaired) electrons. The third kappa shape index (κ3) is 5.72. The van der Waals surface area contributed by atoms with E-state index in [1.165, 1.54) is 17.7 Å². The molecular formula is C33H32ClFN6O. The number of hydrogen-bond donors (Lipinski definition) is 0. The Kier molecular flexibility index (Phi) is 7.89. The molecule has 0 N–H and O–H groups in total. The zero-order chi connectivity index (χ0) is 29.2. The van der Waals surface area contributed by atoms with Gasteiger partial charge in [0.2, 0.25) is 5.91 Å². The maximum atomic E-state index is 13.7. The van der Waals surface area contributed by atoms with Crippen molar-refractivity contribution in [3.63, 3.8) is 0 Å². The van der Waals surface area contributed by atoms with Gasteiger partial charge >= 0.3 is 0 Å². The predicted octanol–water partition coefficient (Wildman–Crippen LogP) is 6.18. The molecule has 42 heavy (non-hydrogen) atoms. The van der Waals surface area contributed by atoms with Gasteiger partial charge in [-0.25, -0.2) is 19.0 Å². The van der Waals surface area contributed by atoms with Crippen molar-refractivity contribution < 1.29 is 9.18 Å². The molecule has 1 atom stereocenters. The van der Waals surface area contributed by atoms with Gasteiger partial charge in [-0.05, 0) is 55.7 Å². The Labute approximate surface area is 249 Å². The number of rotatable bonds is 6. The second-order valence-electron chi connectivity index (χ2n) is 10.7. The van der Waals surface area contributed by atoms with E-state index in [1.54, 1.807) is 16.8 Å². The smallest absolute Gasteiger partial charge is 0.245 e. The van der Waals surface area contributed by atoms with Crippen molar-refractivity contribution in [2.75, 3.05) is 31.1 Å². The molecule has 2 aromatic heterocycles. The first-order valence-electron chi connectivity index (χ1n) is 14.2. The van der Waals surface area contributed by atoms with Crippen molar-refractivity contribution in [2.24, 2.45) is 0 Å². The Bertz CT molecular complexity index is 1710. The van der Waals surface area contributed by atoms with Crippen LogP contribution in [0.5, 0.6) is 0 Å². The molecule has 1 amide bonds. The Morgan fingerprint density at radius 1 is 0.905 bits per heavy atom. The van der Waals surface area contributed by atoms with E-state index in [0.29, 0.717) is 37.5 Å². The quantitative estimate of drug-likeness (QED) is 0.224. The first kappa shape index (κ1) is 27.8. The number of halogens is 2.